The molecule has 2 heterocycles. The number of morpholine rings is 1. The number of carbonyl (C=O) groups excluding carboxylic acids is 1. The van der Waals surface area contributed by atoms with Crippen molar-refractivity contribution in [2.45, 2.75) is 12.5 Å². The SMILES string of the molecule is Cl.O=C(Nc1ncc(Cc2ccccc2Cl)s1)C1CNCCO1. The Hall–Kier alpha value is -1.18. The van der Waals surface area contributed by atoms with Crippen LogP contribution in [0.15, 0.2) is 30.5 Å². The molecule has 1 atom stereocenters. The van der Waals surface area contributed by atoms with Gasteiger partial charge in [-0.3, -0.25) is 10.1 Å². The summed E-state index contributed by atoms with van der Waals surface area (Å²) in [6.45, 7) is 1.86. The minimum absolute atomic E-state index is 0. The molecule has 1 saturated heterocycles. The van der Waals surface area contributed by atoms with Gasteiger partial charge in [-0.2, -0.15) is 0 Å². The normalized spacial score (nSPS) is 17.3. The van der Waals surface area contributed by atoms with E-state index in [2.05, 4.69) is 15.6 Å². The molecule has 1 aliphatic rings. The Labute approximate surface area is 149 Å². The van der Waals surface area contributed by atoms with E-state index in [0.29, 0.717) is 24.7 Å². The van der Waals surface area contributed by atoms with Crippen LogP contribution in [0.3, 0.4) is 0 Å². The van der Waals surface area contributed by atoms with Gasteiger partial charge in [0.25, 0.3) is 5.91 Å². The van der Waals surface area contributed by atoms with Gasteiger partial charge >= 0.3 is 0 Å². The molecule has 124 valence electrons. The quantitative estimate of drug-likeness (QED) is 0.864. The lowest BCUT2D eigenvalue weighted by Gasteiger charge is -2.22. The molecular formula is C15H17Cl2N3O2S. The summed E-state index contributed by atoms with van der Waals surface area (Å²) >= 11 is 7.61. The number of rotatable bonds is 4. The molecule has 1 aliphatic heterocycles. The van der Waals surface area contributed by atoms with Crippen molar-refractivity contribution in [2.75, 3.05) is 25.0 Å². The maximum Gasteiger partial charge on any atom is 0.256 e. The van der Waals surface area contributed by atoms with Crippen LogP contribution in [-0.4, -0.2) is 36.7 Å². The van der Waals surface area contributed by atoms with Crippen LogP contribution in [0.2, 0.25) is 5.02 Å². The zero-order valence-electron chi connectivity index (χ0n) is 12.3. The van der Waals surface area contributed by atoms with Gasteiger partial charge in [0.2, 0.25) is 0 Å². The maximum absolute atomic E-state index is 12.1. The number of benzene rings is 1. The molecule has 0 saturated carbocycles. The molecule has 0 aliphatic carbocycles. The average Bonchev–Trinajstić information content (AvgIpc) is 2.97. The van der Waals surface area contributed by atoms with Crippen LogP contribution in [0.4, 0.5) is 5.13 Å². The Morgan fingerprint density at radius 2 is 2.30 bits per heavy atom. The summed E-state index contributed by atoms with van der Waals surface area (Å²) in [5, 5.41) is 7.25. The van der Waals surface area contributed by atoms with Gasteiger partial charge in [0.05, 0.1) is 6.61 Å². The fourth-order valence-electron chi connectivity index (χ4n) is 2.20. The molecule has 0 bridgehead atoms. The van der Waals surface area contributed by atoms with Crippen molar-refractivity contribution in [3.8, 4) is 0 Å². The number of nitrogens with zero attached hydrogens (tertiary/aromatic N) is 1. The summed E-state index contributed by atoms with van der Waals surface area (Å²) < 4.78 is 5.41. The summed E-state index contributed by atoms with van der Waals surface area (Å²) in [7, 11) is 0. The predicted octanol–water partition coefficient (Wildman–Crippen LogP) is 2.74. The lowest BCUT2D eigenvalue weighted by Crippen LogP contribution is -2.45. The molecule has 8 heteroatoms. The van der Waals surface area contributed by atoms with E-state index in [-0.39, 0.29) is 18.3 Å². The van der Waals surface area contributed by atoms with Crippen molar-refractivity contribution in [3.05, 3.63) is 45.9 Å². The van der Waals surface area contributed by atoms with Crippen molar-refractivity contribution in [1.82, 2.24) is 10.3 Å². The lowest BCUT2D eigenvalue weighted by molar-refractivity contribution is -0.128. The van der Waals surface area contributed by atoms with Crippen molar-refractivity contribution < 1.29 is 9.53 Å². The largest absolute Gasteiger partial charge is 0.366 e. The predicted molar refractivity (Wildman–Crippen MR) is 94.9 cm³/mol. The van der Waals surface area contributed by atoms with Gasteiger partial charge in [-0.1, -0.05) is 29.8 Å². The van der Waals surface area contributed by atoms with Gasteiger partial charge in [-0.05, 0) is 11.6 Å². The lowest BCUT2D eigenvalue weighted by atomic mass is 10.1. The molecular weight excluding hydrogens is 357 g/mol. The fraction of sp³-hybridized carbons (Fsp3) is 0.333. The van der Waals surface area contributed by atoms with Gasteiger partial charge < -0.3 is 10.1 Å². The highest BCUT2D eigenvalue weighted by Gasteiger charge is 2.22. The monoisotopic (exact) mass is 373 g/mol. The third-order valence-corrected chi connectivity index (χ3v) is 4.61. The first-order chi connectivity index (χ1) is 10.7. The zero-order valence-corrected chi connectivity index (χ0v) is 14.6. The molecule has 5 nitrogen and oxygen atoms in total. The summed E-state index contributed by atoms with van der Waals surface area (Å²) in [6, 6.07) is 7.72. The van der Waals surface area contributed by atoms with Crippen LogP contribution < -0.4 is 10.6 Å². The van der Waals surface area contributed by atoms with Crippen LogP contribution in [0.25, 0.3) is 0 Å². The number of aromatic nitrogens is 1. The van der Waals surface area contributed by atoms with E-state index in [9.17, 15) is 4.79 Å². The molecule has 1 aromatic heterocycles. The van der Waals surface area contributed by atoms with Gasteiger partial charge in [0.1, 0.15) is 6.10 Å². The van der Waals surface area contributed by atoms with Crippen LogP contribution in [0.5, 0.6) is 0 Å². The number of amides is 1. The molecule has 0 radical (unpaired) electrons. The second-order valence-electron chi connectivity index (χ2n) is 4.95. The molecule has 23 heavy (non-hydrogen) atoms. The second kappa shape index (κ2) is 8.61. The molecule has 3 rings (SSSR count). The van der Waals surface area contributed by atoms with Gasteiger partial charge in [0.15, 0.2) is 5.13 Å². The van der Waals surface area contributed by atoms with Crippen LogP contribution in [0.1, 0.15) is 10.4 Å². The summed E-state index contributed by atoms with van der Waals surface area (Å²) in [5.74, 6) is -0.161. The Morgan fingerprint density at radius 1 is 1.48 bits per heavy atom. The van der Waals surface area contributed by atoms with E-state index in [0.717, 1.165) is 22.0 Å². The first-order valence-corrected chi connectivity index (χ1v) is 8.23. The number of hydrogen-bond acceptors (Lipinski definition) is 5. The highest BCUT2D eigenvalue weighted by Crippen LogP contribution is 2.24. The van der Waals surface area contributed by atoms with E-state index in [4.69, 9.17) is 16.3 Å². The fourth-order valence-corrected chi connectivity index (χ4v) is 3.24. The topological polar surface area (TPSA) is 63.2 Å². The number of ether oxygens (including phenoxy) is 1. The summed E-state index contributed by atoms with van der Waals surface area (Å²) in [4.78, 5) is 17.4. The van der Waals surface area contributed by atoms with Crippen LogP contribution in [0, 0.1) is 0 Å². The number of halogens is 2. The summed E-state index contributed by atoms with van der Waals surface area (Å²) in [5.41, 5.74) is 1.05. The number of carbonyl (C=O) groups is 1. The smallest absolute Gasteiger partial charge is 0.256 e. The Balaban J connectivity index is 0.00000192. The Bertz CT molecular complexity index is 660. The molecule has 1 aromatic carbocycles. The molecule has 1 amide bonds. The number of hydrogen-bond donors (Lipinski definition) is 2. The minimum Gasteiger partial charge on any atom is -0.366 e. The zero-order chi connectivity index (χ0) is 15.4. The van der Waals surface area contributed by atoms with Crippen LogP contribution in [-0.2, 0) is 16.0 Å². The molecule has 2 aromatic rings. The van der Waals surface area contributed by atoms with E-state index >= 15 is 0 Å². The highest BCUT2D eigenvalue weighted by molar-refractivity contribution is 7.15. The van der Waals surface area contributed by atoms with Gasteiger partial charge in [-0.25, -0.2) is 4.98 Å². The molecule has 2 N–H and O–H groups in total. The second-order valence-corrected chi connectivity index (χ2v) is 6.48. The average molecular weight is 374 g/mol. The Kier molecular flexibility index (Phi) is 6.80. The van der Waals surface area contributed by atoms with E-state index in [1.165, 1.54) is 11.3 Å². The van der Waals surface area contributed by atoms with E-state index in [1.807, 2.05) is 24.3 Å². The molecule has 1 fully saturated rings. The van der Waals surface area contributed by atoms with Gasteiger partial charge in [-0.15, -0.1) is 23.7 Å². The van der Waals surface area contributed by atoms with Crippen molar-refractivity contribution >= 4 is 46.4 Å². The first kappa shape index (κ1) is 18.2. The highest BCUT2D eigenvalue weighted by atomic mass is 35.5. The third kappa shape index (κ3) is 4.89. The number of thiazole rings is 1. The van der Waals surface area contributed by atoms with Crippen molar-refractivity contribution in [2.24, 2.45) is 0 Å². The standard InChI is InChI=1S/C15H16ClN3O2S.ClH/c16-12-4-2-1-3-10(12)7-11-8-18-15(22-11)19-14(20)13-9-17-5-6-21-13;/h1-4,8,13,17H,5-7,9H2,(H,18,19,20);1H. The maximum atomic E-state index is 12.1. The minimum atomic E-state index is -0.454. The Morgan fingerprint density at radius 3 is 3.04 bits per heavy atom. The van der Waals surface area contributed by atoms with Crippen LogP contribution >= 0.6 is 35.3 Å². The molecule has 0 spiro atoms. The van der Waals surface area contributed by atoms with Crippen molar-refractivity contribution in [1.29, 1.82) is 0 Å². The first-order valence-electron chi connectivity index (χ1n) is 7.03. The van der Waals surface area contributed by atoms with E-state index < -0.39 is 6.10 Å². The van der Waals surface area contributed by atoms with Gasteiger partial charge in [0, 0.05) is 35.6 Å². The summed E-state index contributed by atoms with van der Waals surface area (Å²) in [6.07, 6.45) is 2.02. The number of nitrogens with one attached hydrogen (secondary N) is 2. The van der Waals surface area contributed by atoms with Crippen molar-refractivity contribution in [3.63, 3.8) is 0 Å². The third-order valence-electron chi connectivity index (χ3n) is 3.33. The van der Waals surface area contributed by atoms with E-state index in [1.54, 1.807) is 6.20 Å². The molecule has 1 unspecified atom stereocenters. The number of anilines is 1.